The van der Waals surface area contributed by atoms with Crippen molar-refractivity contribution >= 4 is 5.97 Å². The Morgan fingerprint density at radius 2 is 1.92 bits per heavy atom. The molecule has 4 nitrogen and oxygen atoms in total. The molecule has 0 aromatic carbocycles. The van der Waals surface area contributed by atoms with Gasteiger partial charge in [-0.05, 0) is 12.3 Å². The molecule has 0 aromatic heterocycles. The van der Waals surface area contributed by atoms with E-state index in [2.05, 4.69) is 5.32 Å². The summed E-state index contributed by atoms with van der Waals surface area (Å²) >= 11 is 0. The number of aliphatic hydroxyl groups is 1. The van der Waals surface area contributed by atoms with Crippen molar-refractivity contribution in [2.24, 2.45) is 5.41 Å². The maximum Gasteiger partial charge on any atom is 0.323 e. The Morgan fingerprint density at radius 3 is 2.15 bits per heavy atom. The number of carboxylic acid groups (broad SMARTS) is 1. The summed E-state index contributed by atoms with van der Waals surface area (Å²) in [5.74, 6) is -1.01. The third-order valence-electron chi connectivity index (χ3n) is 1.60. The molecule has 0 aliphatic rings. The third-order valence-corrected chi connectivity index (χ3v) is 1.60. The topological polar surface area (TPSA) is 69.6 Å². The molecule has 0 aromatic rings. The molecule has 78 valence electrons. The van der Waals surface area contributed by atoms with Crippen LogP contribution in [0.3, 0.4) is 0 Å². The van der Waals surface area contributed by atoms with Crippen LogP contribution in [0.5, 0.6) is 0 Å². The molecule has 0 bridgehead atoms. The lowest BCUT2D eigenvalue weighted by Crippen LogP contribution is -2.47. The van der Waals surface area contributed by atoms with Crippen LogP contribution >= 0.6 is 0 Å². The Bertz CT molecular complexity index is 172. The molecule has 0 heterocycles. The second-order valence-corrected chi connectivity index (χ2v) is 4.50. The van der Waals surface area contributed by atoms with Crippen LogP contribution in [0.25, 0.3) is 0 Å². The minimum Gasteiger partial charge on any atom is -0.480 e. The van der Waals surface area contributed by atoms with Crippen LogP contribution in [0.2, 0.25) is 0 Å². The normalized spacial score (nSPS) is 16.7. The summed E-state index contributed by atoms with van der Waals surface area (Å²) in [4.78, 5) is 10.6. The van der Waals surface area contributed by atoms with Gasteiger partial charge in [0.15, 0.2) is 0 Å². The lowest BCUT2D eigenvalue weighted by molar-refractivity contribution is -0.142. The van der Waals surface area contributed by atoms with Gasteiger partial charge in [-0.25, -0.2) is 0 Å². The van der Waals surface area contributed by atoms with E-state index in [-0.39, 0.29) is 5.41 Å². The molecule has 0 amide bonds. The van der Waals surface area contributed by atoms with Crippen LogP contribution in [-0.4, -0.2) is 34.9 Å². The fourth-order valence-corrected chi connectivity index (χ4v) is 0.880. The van der Waals surface area contributed by atoms with E-state index in [1.165, 1.54) is 6.92 Å². The summed E-state index contributed by atoms with van der Waals surface area (Å²) in [6.07, 6.45) is -0.875. The van der Waals surface area contributed by atoms with Crippen molar-refractivity contribution in [1.82, 2.24) is 5.32 Å². The largest absolute Gasteiger partial charge is 0.480 e. The van der Waals surface area contributed by atoms with Gasteiger partial charge >= 0.3 is 5.97 Å². The first kappa shape index (κ1) is 12.4. The summed E-state index contributed by atoms with van der Waals surface area (Å²) in [5, 5.41) is 20.7. The van der Waals surface area contributed by atoms with Crippen molar-refractivity contribution in [3.63, 3.8) is 0 Å². The maximum atomic E-state index is 10.6. The zero-order valence-electron chi connectivity index (χ0n) is 8.66. The van der Waals surface area contributed by atoms with E-state index < -0.39 is 18.1 Å². The number of hydrogen-bond acceptors (Lipinski definition) is 3. The average Bonchev–Trinajstić information content (AvgIpc) is 1.82. The number of hydrogen-bond donors (Lipinski definition) is 3. The number of aliphatic carboxylic acids is 1. The highest BCUT2D eigenvalue weighted by Gasteiger charge is 2.24. The van der Waals surface area contributed by atoms with Gasteiger partial charge in [0.2, 0.25) is 0 Å². The van der Waals surface area contributed by atoms with Crippen LogP contribution < -0.4 is 5.32 Å². The quantitative estimate of drug-likeness (QED) is 0.601. The highest BCUT2D eigenvalue weighted by molar-refractivity contribution is 5.74. The summed E-state index contributed by atoms with van der Waals surface area (Å²) in [5.41, 5.74) is 0.0165. The number of rotatable bonds is 4. The van der Waals surface area contributed by atoms with E-state index in [1.807, 2.05) is 20.8 Å². The minimum absolute atomic E-state index is 0.0165. The second-order valence-electron chi connectivity index (χ2n) is 4.50. The number of carbonyl (C=O) groups is 1. The van der Waals surface area contributed by atoms with Crippen LogP contribution in [0.15, 0.2) is 0 Å². The van der Waals surface area contributed by atoms with Gasteiger partial charge in [0.05, 0.1) is 6.10 Å². The first-order valence-corrected chi connectivity index (χ1v) is 4.38. The molecular weight excluding hydrogens is 170 g/mol. The van der Waals surface area contributed by atoms with Crippen molar-refractivity contribution in [2.75, 3.05) is 6.54 Å². The van der Waals surface area contributed by atoms with Gasteiger partial charge in [-0.15, -0.1) is 0 Å². The zero-order chi connectivity index (χ0) is 10.6. The van der Waals surface area contributed by atoms with Gasteiger partial charge in [0, 0.05) is 6.54 Å². The predicted molar refractivity (Wildman–Crippen MR) is 50.6 cm³/mol. The standard InChI is InChI=1S/C9H19NO3/c1-6(11)7(8(12)13)10-5-9(2,3)4/h6-7,10-11H,5H2,1-4H3,(H,12,13)/t6-,7?/m1/s1. The zero-order valence-corrected chi connectivity index (χ0v) is 8.66. The third kappa shape index (κ3) is 5.60. The number of carboxylic acids is 1. The molecule has 0 rings (SSSR count). The summed E-state index contributed by atoms with van der Waals surface area (Å²) in [7, 11) is 0. The molecule has 1 unspecified atom stereocenters. The van der Waals surface area contributed by atoms with Crippen molar-refractivity contribution in [3.8, 4) is 0 Å². The summed E-state index contributed by atoms with van der Waals surface area (Å²) in [6.45, 7) is 8.03. The van der Waals surface area contributed by atoms with Crippen LogP contribution in [0.1, 0.15) is 27.7 Å². The average molecular weight is 189 g/mol. The van der Waals surface area contributed by atoms with E-state index in [9.17, 15) is 4.79 Å². The Balaban J connectivity index is 4.06. The maximum absolute atomic E-state index is 10.6. The van der Waals surface area contributed by atoms with E-state index in [0.717, 1.165) is 0 Å². The van der Waals surface area contributed by atoms with Crippen LogP contribution in [-0.2, 0) is 4.79 Å². The van der Waals surface area contributed by atoms with E-state index in [4.69, 9.17) is 10.2 Å². The van der Waals surface area contributed by atoms with Gasteiger partial charge in [0.25, 0.3) is 0 Å². The Labute approximate surface area is 79.0 Å². The molecule has 0 fully saturated rings. The van der Waals surface area contributed by atoms with Gasteiger partial charge in [-0.3, -0.25) is 4.79 Å². The van der Waals surface area contributed by atoms with Crippen molar-refractivity contribution < 1.29 is 15.0 Å². The molecule has 4 heteroatoms. The highest BCUT2D eigenvalue weighted by atomic mass is 16.4. The molecular formula is C9H19NO3. The van der Waals surface area contributed by atoms with Crippen LogP contribution in [0, 0.1) is 5.41 Å². The fourth-order valence-electron chi connectivity index (χ4n) is 0.880. The molecule has 0 aliphatic heterocycles. The minimum atomic E-state index is -1.01. The van der Waals surface area contributed by atoms with E-state index in [1.54, 1.807) is 0 Å². The van der Waals surface area contributed by atoms with Crippen molar-refractivity contribution in [1.29, 1.82) is 0 Å². The number of aliphatic hydroxyl groups excluding tert-OH is 1. The second kappa shape index (κ2) is 4.58. The van der Waals surface area contributed by atoms with Crippen LogP contribution in [0.4, 0.5) is 0 Å². The summed E-state index contributed by atoms with van der Waals surface area (Å²) in [6, 6.07) is -0.876. The molecule has 3 N–H and O–H groups in total. The number of nitrogens with one attached hydrogen (secondary N) is 1. The monoisotopic (exact) mass is 189 g/mol. The lowest BCUT2D eigenvalue weighted by atomic mass is 9.96. The van der Waals surface area contributed by atoms with Crippen molar-refractivity contribution in [2.45, 2.75) is 39.8 Å². The van der Waals surface area contributed by atoms with Crippen molar-refractivity contribution in [3.05, 3.63) is 0 Å². The molecule has 13 heavy (non-hydrogen) atoms. The smallest absolute Gasteiger partial charge is 0.323 e. The van der Waals surface area contributed by atoms with Gasteiger partial charge < -0.3 is 15.5 Å². The van der Waals surface area contributed by atoms with Gasteiger partial charge in [0.1, 0.15) is 6.04 Å². The van der Waals surface area contributed by atoms with Gasteiger partial charge in [-0.2, -0.15) is 0 Å². The fraction of sp³-hybridized carbons (Fsp3) is 0.889. The Kier molecular flexibility index (Phi) is 4.36. The first-order chi connectivity index (χ1) is 5.74. The summed E-state index contributed by atoms with van der Waals surface area (Å²) < 4.78 is 0. The molecule has 0 aliphatic carbocycles. The molecule has 0 saturated heterocycles. The molecule has 0 spiro atoms. The Hall–Kier alpha value is -0.610. The highest BCUT2D eigenvalue weighted by Crippen LogP contribution is 2.11. The predicted octanol–water partition coefficient (Wildman–Crippen LogP) is 0.456. The first-order valence-electron chi connectivity index (χ1n) is 4.38. The lowest BCUT2D eigenvalue weighted by Gasteiger charge is -2.23. The SMILES string of the molecule is C[C@@H](O)C(NCC(C)(C)C)C(=O)O. The molecule has 2 atom stereocenters. The molecule has 0 saturated carbocycles. The Morgan fingerprint density at radius 1 is 1.46 bits per heavy atom. The molecule has 0 radical (unpaired) electrons. The van der Waals surface area contributed by atoms with E-state index >= 15 is 0 Å². The van der Waals surface area contributed by atoms with E-state index in [0.29, 0.717) is 6.54 Å². The van der Waals surface area contributed by atoms with Gasteiger partial charge in [-0.1, -0.05) is 20.8 Å².